The van der Waals surface area contributed by atoms with Crippen molar-refractivity contribution in [1.82, 2.24) is 15.6 Å². The maximum Gasteiger partial charge on any atom is 0.251 e. The third kappa shape index (κ3) is 5.04. The predicted octanol–water partition coefficient (Wildman–Crippen LogP) is 4.34. The zero-order valence-electron chi connectivity index (χ0n) is 16.7. The molecule has 5 nitrogen and oxygen atoms in total. The van der Waals surface area contributed by atoms with Gasteiger partial charge in [0.05, 0.1) is 6.04 Å². The molecular weight excluding hydrogens is 382 g/mol. The molecule has 0 saturated heterocycles. The second-order valence-corrected chi connectivity index (χ2v) is 9.27. The average Bonchev–Trinajstić information content (AvgIpc) is 3.24. The van der Waals surface area contributed by atoms with Crippen LogP contribution < -0.4 is 10.6 Å². The highest BCUT2D eigenvalue weighted by atomic mass is 32.1. The van der Waals surface area contributed by atoms with E-state index in [1.807, 2.05) is 41.9 Å². The molecule has 2 saturated carbocycles. The fraction of sp³-hybridized carbons (Fsp3) is 0.522. The van der Waals surface area contributed by atoms with Gasteiger partial charge in [-0.2, -0.15) is 0 Å². The highest BCUT2D eigenvalue weighted by Gasteiger charge is 2.34. The summed E-state index contributed by atoms with van der Waals surface area (Å²) in [6, 6.07) is 9.41. The molecule has 0 unspecified atom stereocenters. The van der Waals surface area contributed by atoms with Crippen molar-refractivity contribution in [2.75, 3.05) is 6.54 Å². The van der Waals surface area contributed by atoms with Crippen molar-refractivity contribution in [2.45, 2.75) is 51.0 Å². The Morgan fingerprint density at radius 3 is 2.45 bits per heavy atom. The van der Waals surface area contributed by atoms with Crippen LogP contribution in [-0.4, -0.2) is 23.3 Å². The van der Waals surface area contributed by atoms with Crippen LogP contribution in [0.25, 0.3) is 0 Å². The quantitative estimate of drug-likeness (QED) is 0.712. The van der Waals surface area contributed by atoms with Crippen molar-refractivity contribution >= 4 is 23.2 Å². The van der Waals surface area contributed by atoms with Gasteiger partial charge in [-0.1, -0.05) is 24.6 Å². The van der Waals surface area contributed by atoms with Crippen LogP contribution in [0.3, 0.4) is 0 Å². The molecule has 0 spiro atoms. The van der Waals surface area contributed by atoms with Crippen LogP contribution in [-0.2, 0) is 4.79 Å². The third-order valence-corrected chi connectivity index (χ3v) is 7.30. The van der Waals surface area contributed by atoms with Crippen LogP contribution in [0.2, 0.25) is 0 Å². The van der Waals surface area contributed by atoms with E-state index in [0.29, 0.717) is 17.4 Å². The number of hydrogen-bond donors (Lipinski definition) is 2. The first kappa shape index (κ1) is 20.1. The molecule has 1 heterocycles. The van der Waals surface area contributed by atoms with Crippen LogP contribution >= 0.6 is 11.3 Å². The number of carbonyl (C=O) groups excluding carboxylic acids is 2. The molecule has 29 heavy (non-hydrogen) atoms. The van der Waals surface area contributed by atoms with Gasteiger partial charge in [-0.3, -0.25) is 9.59 Å². The van der Waals surface area contributed by atoms with Crippen LogP contribution in [0.4, 0.5) is 0 Å². The summed E-state index contributed by atoms with van der Waals surface area (Å²) in [7, 11) is 0. The maximum atomic E-state index is 12.6. The summed E-state index contributed by atoms with van der Waals surface area (Å²) in [5.41, 5.74) is 0.712. The summed E-state index contributed by atoms with van der Waals surface area (Å²) in [5.74, 6) is 1.32. The predicted molar refractivity (Wildman–Crippen MR) is 115 cm³/mol. The average molecular weight is 412 g/mol. The molecule has 2 fully saturated rings. The molecule has 2 N–H and O–H groups in total. The van der Waals surface area contributed by atoms with E-state index in [-0.39, 0.29) is 23.8 Å². The lowest BCUT2D eigenvalue weighted by Gasteiger charge is -2.35. The zero-order valence-corrected chi connectivity index (χ0v) is 17.5. The molecule has 2 aromatic rings. The first-order valence-corrected chi connectivity index (χ1v) is 11.6. The fourth-order valence-corrected chi connectivity index (χ4v) is 5.15. The number of amides is 2. The number of nitrogens with one attached hydrogen (secondary N) is 2. The van der Waals surface area contributed by atoms with Gasteiger partial charge in [0.25, 0.3) is 5.91 Å². The Hall–Kier alpha value is -2.21. The second-order valence-electron chi connectivity index (χ2n) is 8.34. The van der Waals surface area contributed by atoms with E-state index >= 15 is 0 Å². The number of benzene rings is 1. The number of nitrogens with zero attached hydrogens (tertiary/aromatic N) is 1. The monoisotopic (exact) mass is 411 g/mol. The minimum absolute atomic E-state index is 0.00106. The first-order valence-electron chi connectivity index (χ1n) is 10.7. The number of rotatable bonds is 7. The van der Waals surface area contributed by atoms with E-state index in [1.54, 1.807) is 11.3 Å². The number of aromatic nitrogens is 1. The Balaban J connectivity index is 1.29. The van der Waals surface area contributed by atoms with Crippen molar-refractivity contribution in [1.29, 1.82) is 0 Å². The van der Waals surface area contributed by atoms with Gasteiger partial charge < -0.3 is 10.6 Å². The van der Waals surface area contributed by atoms with Gasteiger partial charge in [0.15, 0.2) is 0 Å². The molecule has 2 amide bonds. The SMILES string of the molecule is O=C(NCC1CCC([C@H](NC(=O)C2CCC2)c2nccs2)CC1)c1ccccc1. The van der Waals surface area contributed by atoms with Crippen LogP contribution in [0, 0.1) is 17.8 Å². The molecule has 4 rings (SSSR count). The smallest absolute Gasteiger partial charge is 0.251 e. The first-order chi connectivity index (χ1) is 14.2. The summed E-state index contributed by atoms with van der Waals surface area (Å²) in [6.45, 7) is 0.719. The van der Waals surface area contributed by atoms with Gasteiger partial charge in [0.2, 0.25) is 5.91 Å². The maximum absolute atomic E-state index is 12.6. The number of thiazole rings is 1. The molecule has 1 atom stereocenters. The highest BCUT2D eigenvalue weighted by molar-refractivity contribution is 7.09. The van der Waals surface area contributed by atoms with Gasteiger partial charge >= 0.3 is 0 Å². The summed E-state index contributed by atoms with van der Waals surface area (Å²) < 4.78 is 0. The summed E-state index contributed by atoms with van der Waals surface area (Å²) >= 11 is 1.63. The molecule has 1 aromatic heterocycles. The van der Waals surface area contributed by atoms with Gasteiger partial charge in [-0.25, -0.2) is 4.98 Å². The Morgan fingerprint density at radius 2 is 1.83 bits per heavy atom. The molecule has 2 aliphatic rings. The van der Waals surface area contributed by atoms with Gasteiger partial charge in [-0.15, -0.1) is 11.3 Å². The molecule has 154 valence electrons. The number of carbonyl (C=O) groups is 2. The molecule has 6 heteroatoms. The second kappa shape index (κ2) is 9.53. The summed E-state index contributed by atoms with van der Waals surface area (Å²) in [6.07, 6.45) is 9.28. The van der Waals surface area contributed by atoms with E-state index in [4.69, 9.17) is 0 Å². The van der Waals surface area contributed by atoms with E-state index < -0.39 is 0 Å². The topological polar surface area (TPSA) is 71.1 Å². The van der Waals surface area contributed by atoms with Gasteiger partial charge in [0.1, 0.15) is 5.01 Å². The largest absolute Gasteiger partial charge is 0.352 e. The van der Waals surface area contributed by atoms with Crippen molar-refractivity contribution < 1.29 is 9.59 Å². The number of hydrogen-bond acceptors (Lipinski definition) is 4. The van der Waals surface area contributed by atoms with E-state index in [2.05, 4.69) is 15.6 Å². The Bertz CT molecular complexity index is 797. The normalized spacial score (nSPS) is 23.0. The minimum atomic E-state index is 0.00106. The Morgan fingerprint density at radius 1 is 1.07 bits per heavy atom. The van der Waals surface area contributed by atoms with Crippen LogP contribution in [0.1, 0.15) is 66.4 Å². The third-order valence-electron chi connectivity index (χ3n) is 6.44. The Kier molecular flexibility index (Phi) is 6.60. The van der Waals surface area contributed by atoms with Crippen molar-refractivity contribution in [3.8, 4) is 0 Å². The zero-order chi connectivity index (χ0) is 20.1. The van der Waals surface area contributed by atoms with Crippen molar-refractivity contribution in [3.05, 3.63) is 52.5 Å². The van der Waals surface area contributed by atoms with Crippen molar-refractivity contribution in [3.63, 3.8) is 0 Å². The molecule has 0 bridgehead atoms. The summed E-state index contributed by atoms with van der Waals surface area (Å²) in [5, 5.41) is 9.42. The van der Waals surface area contributed by atoms with Crippen molar-refractivity contribution in [2.24, 2.45) is 17.8 Å². The van der Waals surface area contributed by atoms with Crippen LogP contribution in [0.5, 0.6) is 0 Å². The fourth-order valence-electron chi connectivity index (χ4n) is 4.37. The minimum Gasteiger partial charge on any atom is -0.352 e. The molecule has 0 radical (unpaired) electrons. The lowest BCUT2D eigenvalue weighted by Crippen LogP contribution is -2.41. The molecule has 0 aliphatic heterocycles. The highest BCUT2D eigenvalue weighted by Crippen LogP contribution is 2.38. The molecular formula is C23H29N3O2S. The van der Waals surface area contributed by atoms with E-state index in [1.165, 1.54) is 6.42 Å². The molecule has 1 aromatic carbocycles. The lowest BCUT2D eigenvalue weighted by molar-refractivity contribution is -0.128. The lowest BCUT2D eigenvalue weighted by atomic mass is 9.78. The van der Waals surface area contributed by atoms with Gasteiger partial charge in [0, 0.05) is 29.6 Å². The van der Waals surface area contributed by atoms with Gasteiger partial charge in [-0.05, 0) is 62.5 Å². The Labute approximate surface area is 176 Å². The molecule has 2 aliphatic carbocycles. The van der Waals surface area contributed by atoms with Crippen LogP contribution in [0.15, 0.2) is 41.9 Å². The van der Waals surface area contributed by atoms with E-state index in [9.17, 15) is 9.59 Å². The van der Waals surface area contributed by atoms with E-state index in [0.717, 1.165) is 50.1 Å². The summed E-state index contributed by atoms with van der Waals surface area (Å²) in [4.78, 5) is 29.3. The standard InChI is InChI=1S/C23H29N3O2S/c27-21(18-5-2-1-3-6-18)25-15-16-9-11-17(12-10-16)20(23-24-13-14-29-23)26-22(28)19-7-4-8-19/h1-3,5-6,13-14,16-17,19-20H,4,7-12,15H2,(H,25,27)(H,26,28)/t16?,17?,20-/m0/s1.